The SMILES string of the molecule is CCC/C=C\CCCCCCCC(=O)OC(COC(=O)CCCCCCCCCCCCCCCCCCCC)COP(=O)(O)OCC(O)CO. The molecule has 11 heteroatoms. The van der Waals surface area contributed by atoms with Gasteiger partial charge in [0.1, 0.15) is 12.7 Å². The van der Waals surface area contributed by atoms with Crippen LogP contribution >= 0.6 is 7.82 Å². The number of phosphoric acid groups is 1. The van der Waals surface area contributed by atoms with Crippen LogP contribution in [0.15, 0.2) is 12.2 Å². The van der Waals surface area contributed by atoms with Gasteiger partial charge in [-0.25, -0.2) is 4.57 Å². The monoisotopic (exact) mass is 749 g/mol. The fraction of sp³-hybridized carbons (Fsp3) is 0.900. The standard InChI is InChI=1S/C40H77O10P/c1-3-5-7-9-11-13-15-16-17-18-19-20-21-22-24-25-27-29-31-39(43)47-35-38(36-49-51(45,46)48-34-37(42)33-41)50-40(44)32-30-28-26-23-14-12-10-8-6-4-2/h8,10,37-38,41-42H,3-7,9,11-36H2,1-2H3,(H,45,46)/b10-8-. The van der Waals surface area contributed by atoms with E-state index in [-0.39, 0.29) is 19.4 Å². The second-order valence-electron chi connectivity index (χ2n) is 14.0. The quantitative estimate of drug-likeness (QED) is 0.0240. The topological polar surface area (TPSA) is 149 Å². The zero-order valence-corrected chi connectivity index (χ0v) is 33.5. The Hall–Kier alpha value is -1.29. The molecule has 3 atom stereocenters. The van der Waals surface area contributed by atoms with Gasteiger partial charge in [0.15, 0.2) is 6.10 Å². The van der Waals surface area contributed by atoms with Gasteiger partial charge in [-0.15, -0.1) is 0 Å². The molecule has 0 heterocycles. The van der Waals surface area contributed by atoms with E-state index in [1.165, 1.54) is 89.9 Å². The molecule has 0 spiro atoms. The van der Waals surface area contributed by atoms with Crippen molar-refractivity contribution in [2.75, 3.05) is 26.4 Å². The summed E-state index contributed by atoms with van der Waals surface area (Å²) < 4.78 is 32.6. The van der Waals surface area contributed by atoms with Crippen molar-refractivity contribution < 1.29 is 47.8 Å². The maximum absolute atomic E-state index is 12.5. The highest BCUT2D eigenvalue weighted by molar-refractivity contribution is 7.47. The van der Waals surface area contributed by atoms with E-state index >= 15 is 0 Å². The van der Waals surface area contributed by atoms with Crippen molar-refractivity contribution in [3.8, 4) is 0 Å². The molecule has 0 aliphatic carbocycles. The van der Waals surface area contributed by atoms with Crippen LogP contribution in [0.2, 0.25) is 0 Å². The van der Waals surface area contributed by atoms with Crippen molar-refractivity contribution >= 4 is 19.8 Å². The van der Waals surface area contributed by atoms with Gasteiger partial charge in [0.05, 0.1) is 19.8 Å². The number of carbonyl (C=O) groups excluding carboxylic acids is 2. The average Bonchev–Trinajstić information content (AvgIpc) is 3.12. The predicted octanol–water partition coefficient (Wildman–Crippen LogP) is 10.4. The Kier molecular flexibility index (Phi) is 36.1. The van der Waals surface area contributed by atoms with Gasteiger partial charge in [0.25, 0.3) is 0 Å². The van der Waals surface area contributed by atoms with Crippen molar-refractivity contribution in [2.24, 2.45) is 0 Å². The molecule has 0 aliphatic heterocycles. The van der Waals surface area contributed by atoms with Crippen molar-refractivity contribution in [3.05, 3.63) is 12.2 Å². The fourth-order valence-corrected chi connectivity index (χ4v) is 6.49. The Morgan fingerprint density at radius 3 is 1.49 bits per heavy atom. The number of allylic oxidation sites excluding steroid dienone is 2. The highest BCUT2D eigenvalue weighted by Gasteiger charge is 2.27. The number of hydrogen-bond acceptors (Lipinski definition) is 9. The third-order valence-electron chi connectivity index (χ3n) is 8.90. The molecule has 0 aromatic heterocycles. The largest absolute Gasteiger partial charge is 0.472 e. The van der Waals surface area contributed by atoms with Gasteiger partial charge < -0.3 is 24.6 Å². The van der Waals surface area contributed by atoms with Crippen molar-refractivity contribution in [3.63, 3.8) is 0 Å². The van der Waals surface area contributed by atoms with Crippen LogP contribution in [0.25, 0.3) is 0 Å². The first-order chi connectivity index (χ1) is 24.7. The number of rotatable bonds is 39. The fourth-order valence-electron chi connectivity index (χ4n) is 5.70. The summed E-state index contributed by atoms with van der Waals surface area (Å²) in [6, 6.07) is 0. The first-order valence-corrected chi connectivity index (χ1v) is 22.1. The summed E-state index contributed by atoms with van der Waals surface area (Å²) in [4.78, 5) is 34.8. The van der Waals surface area contributed by atoms with E-state index in [0.717, 1.165) is 64.2 Å². The van der Waals surface area contributed by atoms with Gasteiger partial charge in [-0.3, -0.25) is 18.6 Å². The lowest BCUT2D eigenvalue weighted by atomic mass is 10.0. The maximum Gasteiger partial charge on any atom is 0.472 e. The Bertz CT molecular complexity index is 868. The van der Waals surface area contributed by atoms with Crippen LogP contribution in [-0.2, 0) is 32.7 Å². The Morgan fingerprint density at radius 2 is 1.00 bits per heavy atom. The number of esters is 2. The first kappa shape index (κ1) is 49.7. The molecule has 0 amide bonds. The molecule has 0 saturated carbocycles. The van der Waals surface area contributed by atoms with E-state index < -0.39 is 51.8 Å². The van der Waals surface area contributed by atoms with Crippen molar-refractivity contribution in [1.29, 1.82) is 0 Å². The molecule has 3 unspecified atom stereocenters. The maximum atomic E-state index is 12.5. The minimum Gasteiger partial charge on any atom is -0.462 e. The van der Waals surface area contributed by atoms with Crippen LogP contribution in [0.5, 0.6) is 0 Å². The molecule has 3 N–H and O–H groups in total. The Labute approximate surface area is 311 Å². The molecule has 0 fully saturated rings. The van der Waals surface area contributed by atoms with E-state index in [4.69, 9.17) is 19.1 Å². The van der Waals surface area contributed by atoms with Crippen LogP contribution in [0, 0.1) is 0 Å². The van der Waals surface area contributed by atoms with Gasteiger partial charge in [0.2, 0.25) is 0 Å². The normalized spacial score (nSPS) is 14.1. The highest BCUT2D eigenvalue weighted by atomic mass is 31.2. The minimum atomic E-state index is -4.61. The molecular formula is C40H77O10P. The molecule has 0 aromatic carbocycles. The van der Waals surface area contributed by atoms with Crippen LogP contribution in [0.1, 0.15) is 194 Å². The summed E-state index contributed by atoms with van der Waals surface area (Å²) >= 11 is 0. The lowest BCUT2D eigenvalue weighted by molar-refractivity contribution is -0.161. The second kappa shape index (κ2) is 37.0. The lowest BCUT2D eigenvalue weighted by Gasteiger charge is -2.20. The van der Waals surface area contributed by atoms with Crippen LogP contribution in [0.3, 0.4) is 0 Å². The Balaban J connectivity index is 4.21. The summed E-state index contributed by atoms with van der Waals surface area (Å²) in [7, 11) is -4.61. The number of aliphatic hydroxyl groups is 2. The molecule has 10 nitrogen and oxygen atoms in total. The van der Waals surface area contributed by atoms with E-state index in [0.29, 0.717) is 12.8 Å². The van der Waals surface area contributed by atoms with E-state index in [9.17, 15) is 24.2 Å². The van der Waals surface area contributed by atoms with Gasteiger partial charge in [-0.2, -0.15) is 0 Å². The zero-order valence-electron chi connectivity index (χ0n) is 32.6. The number of ether oxygens (including phenoxy) is 2. The summed E-state index contributed by atoms with van der Waals surface area (Å²) in [5, 5.41) is 18.3. The molecule has 0 radical (unpaired) electrons. The summed E-state index contributed by atoms with van der Waals surface area (Å²) in [6.07, 6.45) is 33.3. The summed E-state index contributed by atoms with van der Waals surface area (Å²) in [6.45, 7) is 2.32. The third kappa shape index (κ3) is 36.8. The molecule has 0 aliphatic rings. The number of carbonyl (C=O) groups is 2. The zero-order chi connectivity index (χ0) is 37.7. The molecule has 0 saturated heterocycles. The highest BCUT2D eigenvalue weighted by Crippen LogP contribution is 2.43. The summed E-state index contributed by atoms with van der Waals surface area (Å²) in [5.41, 5.74) is 0. The number of phosphoric ester groups is 1. The van der Waals surface area contributed by atoms with Crippen LogP contribution < -0.4 is 0 Å². The minimum absolute atomic E-state index is 0.177. The van der Waals surface area contributed by atoms with Gasteiger partial charge in [-0.05, 0) is 32.1 Å². The number of hydrogen-bond donors (Lipinski definition) is 3. The van der Waals surface area contributed by atoms with Crippen LogP contribution in [-0.4, -0.2) is 65.7 Å². The van der Waals surface area contributed by atoms with E-state index in [2.05, 4.69) is 30.5 Å². The lowest BCUT2D eigenvalue weighted by Crippen LogP contribution is -2.29. The van der Waals surface area contributed by atoms with E-state index in [1.807, 2.05) is 0 Å². The van der Waals surface area contributed by atoms with Gasteiger partial charge in [-0.1, -0.05) is 161 Å². The average molecular weight is 749 g/mol. The van der Waals surface area contributed by atoms with Crippen molar-refractivity contribution in [1.82, 2.24) is 0 Å². The Morgan fingerprint density at radius 1 is 0.569 bits per heavy atom. The number of unbranched alkanes of at least 4 members (excludes halogenated alkanes) is 23. The molecule has 51 heavy (non-hydrogen) atoms. The molecule has 0 bridgehead atoms. The number of aliphatic hydroxyl groups excluding tert-OH is 2. The third-order valence-corrected chi connectivity index (χ3v) is 9.85. The van der Waals surface area contributed by atoms with E-state index in [1.54, 1.807) is 0 Å². The van der Waals surface area contributed by atoms with Crippen LogP contribution in [0.4, 0.5) is 0 Å². The molecule has 0 aromatic rings. The van der Waals surface area contributed by atoms with Gasteiger partial charge in [0, 0.05) is 12.8 Å². The summed E-state index contributed by atoms with van der Waals surface area (Å²) in [5.74, 6) is -0.929. The first-order valence-electron chi connectivity index (χ1n) is 20.6. The predicted molar refractivity (Wildman–Crippen MR) is 205 cm³/mol. The second-order valence-corrected chi connectivity index (χ2v) is 15.5. The molecular weight excluding hydrogens is 671 g/mol. The van der Waals surface area contributed by atoms with Gasteiger partial charge >= 0.3 is 19.8 Å². The molecule has 0 rings (SSSR count). The smallest absolute Gasteiger partial charge is 0.462 e. The van der Waals surface area contributed by atoms with Crippen molar-refractivity contribution in [2.45, 2.75) is 206 Å². The molecule has 302 valence electrons.